The minimum atomic E-state index is 0.595. The van der Waals surface area contributed by atoms with Crippen molar-refractivity contribution in [3.63, 3.8) is 0 Å². The highest BCUT2D eigenvalue weighted by atomic mass is 16.5. The Bertz CT molecular complexity index is 668. The van der Waals surface area contributed by atoms with Gasteiger partial charge in [0.2, 0.25) is 0 Å². The molecule has 0 amide bonds. The van der Waals surface area contributed by atoms with Crippen molar-refractivity contribution in [3.05, 3.63) is 53.6 Å². The fourth-order valence-electron chi connectivity index (χ4n) is 3.49. The summed E-state index contributed by atoms with van der Waals surface area (Å²) in [6.07, 6.45) is 4.61. The van der Waals surface area contributed by atoms with Gasteiger partial charge in [0.25, 0.3) is 0 Å². The van der Waals surface area contributed by atoms with E-state index in [1.54, 1.807) is 14.2 Å². The highest BCUT2D eigenvalue weighted by Crippen LogP contribution is 2.32. The van der Waals surface area contributed by atoms with Crippen LogP contribution in [0.2, 0.25) is 0 Å². The van der Waals surface area contributed by atoms with Crippen molar-refractivity contribution in [2.45, 2.75) is 31.7 Å². The first-order chi connectivity index (χ1) is 11.2. The molecule has 3 nitrogen and oxygen atoms in total. The number of ether oxygens (including phenoxy) is 2. The molecular weight excluding hydrogens is 286 g/mol. The maximum absolute atomic E-state index is 5.40. The number of aryl methyl sites for hydroxylation is 2. The van der Waals surface area contributed by atoms with Crippen LogP contribution >= 0.6 is 0 Å². The summed E-state index contributed by atoms with van der Waals surface area (Å²) < 4.78 is 10.7. The number of anilines is 1. The highest BCUT2D eigenvalue weighted by Gasteiger charge is 2.22. The maximum atomic E-state index is 5.40. The van der Waals surface area contributed by atoms with Crippen molar-refractivity contribution in [2.75, 3.05) is 26.2 Å². The van der Waals surface area contributed by atoms with Gasteiger partial charge in [0.05, 0.1) is 14.2 Å². The van der Waals surface area contributed by atoms with Gasteiger partial charge in [-0.1, -0.05) is 24.3 Å². The van der Waals surface area contributed by atoms with Crippen LogP contribution in [-0.2, 0) is 12.8 Å². The zero-order valence-electron chi connectivity index (χ0n) is 14.2. The SMILES string of the molecule is COc1ccc(CC[C@@H]2CCc3ccccc3N2C)cc1OC. The molecule has 0 fully saturated rings. The normalized spacial score (nSPS) is 16.8. The molecule has 0 N–H and O–H groups in total. The molecule has 3 heteroatoms. The molecule has 1 atom stereocenters. The monoisotopic (exact) mass is 311 g/mol. The van der Waals surface area contributed by atoms with Gasteiger partial charge < -0.3 is 14.4 Å². The summed E-state index contributed by atoms with van der Waals surface area (Å²) in [6.45, 7) is 0. The van der Waals surface area contributed by atoms with Gasteiger partial charge in [-0.2, -0.15) is 0 Å². The third-order valence-electron chi connectivity index (χ3n) is 4.88. The number of methoxy groups -OCH3 is 2. The van der Waals surface area contributed by atoms with Gasteiger partial charge in [-0.05, 0) is 55.0 Å². The Labute approximate surface area is 138 Å². The number of nitrogens with zero attached hydrogens (tertiary/aromatic N) is 1. The first kappa shape index (κ1) is 15.7. The molecule has 0 saturated heterocycles. The minimum absolute atomic E-state index is 0.595. The topological polar surface area (TPSA) is 21.7 Å². The van der Waals surface area contributed by atoms with Crippen molar-refractivity contribution in [3.8, 4) is 11.5 Å². The van der Waals surface area contributed by atoms with Crippen LogP contribution in [0.5, 0.6) is 11.5 Å². The van der Waals surface area contributed by atoms with Gasteiger partial charge >= 0.3 is 0 Å². The Balaban J connectivity index is 1.67. The molecule has 0 aromatic heterocycles. The van der Waals surface area contributed by atoms with E-state index >= 15 is 0 Å². The average molecular weight is 311 g/mol. The van der Waals surface area contributed by atoms with Gasteiger partial charge in [-0.25, -0.2) is 0 Å². The van der Waals surface area contributed by atoms with Gasteiger partial charge in [0.15, 0.2) is 11.5 Å². The van der Waals surface area contributed by atoms with E-state index in [9.17, 15) is 0 Å². The van der Waals surface area contributed by atoms with Crippen LogP contribution < -0.4 is 14.4 Å². The lowest BCUT2D eigenvalue weighted by Crippen LogP contribution is -2.36. The fraction of sp³-hybridized carbons (Fsp3) is 0.400. The first-order valence-corrected chi connectivity index (χ1v) is 8.24. The molecule has 2 aromatic rings. The summed E-state index contributed by atoms with van der Waals surface area (Å²) in [7, 11) is 5.58. The van der Waals surface area contributed by atoms with E-state index < -0.39 is 0 Å². The molecule has 0 aliphatic carbocycles. The van der Waals surface area contributed by atoms with Crippen molar-refractivity contribution in [1.29, 1.82) is 0 Å². The van der Waals surface area contributed by atoms with Crippen LogP contribution in [0, 0.1) is 0 Å². The van der Waals surface area contributed by atoms with Crippen molar-refractivity contribution >= 4 is 5.69 Å². The molecule has 0 unspecified atom stereocenters. The molecule has 1 aliphatic rings. The molecular formula is C20H25NO2. The van der Waals surface area contributed by atoms with Gasteiger partial charge in [-0.15, -0.1) is 0 Å². The van der Waals surface area contributed by atoms with E-state index in [2.05, 4.69) is 48.3 Å². The minimum Gasteiger partial charge on any atom is -0.493 e. The maximum Gasteiger partial charge on any atom is 0.160 e. The summed E-state index contributed by atoms with van der Waals surface area (Å²) >= 11 is 0. The molecule has 0 bridgehead atoms. The van der Waals surface area contributed by atoms with E-state index in [0.717, 1.165) is 24.3 Å². The number of hydrogen-bond acceptors (Lipinski definition) is 3. The molecule has 2 aromatic carbocycles. The van der Waals surface area contributed by atoms with E-state index in [1.807, 2.05) is 6.07 Å². The van der Waals surface area contributed by atoms with Gasteiger partial charge in [-0.3, -0.25) is 0 Å². The zero-order valence-corrected chi connectivity index (χ0v) is 14.2. The van der Waals surface area contributed by atoms with Crippen molar-refractivity contribution in [1.82, 2.24) is 0 Å². The van der Waals surface area contributed by atoms with Crippen LogP contribution in [0.4, 0.5) is 5.69 Å². The van der Waals surface area contributed by atoms with Crippen LogP contribution in [0.25, 0.3) is 0 Å². The quantitative estimate of drug-likeness (QED) is 0.830. The van der Waals surface area contributed by atoms with E-state index in [4.69, 9.17) is 9.47 Å². The Hall–Kier alpha value is -2.16. The number of fused-ring (bicyclic) bond motifs is 1. The Kier molecular flexibility index (Phi) is 4.75. The number of para-hydroxylation sites is 1. The Morgan fingerprint density at radius 2 is 1.83 bits per heavy atom. The standard InChI is InChI=1S/C20H25NO2/c1-21-17(12-10-16-6-4-5-7-18(16)21)11-8-15-9-13-19(22-2)20(14-15)23-3/h4-7,9,13-14,17H,8,10-12H2,1-3H3/t17-/m1/s1. The number of hydrogen-bond donors (Lipinski definition) is 0. The van der Waals surface area contributed by atoms with E-state index in [0.29, 0.717) is 6.04 Å². The summed E-state index contributed by atoms with van der Waals surface area (Å²) in [4.78, 5) is 2.44. The lowest BCUT2D eigenvalue weighted by atomic mass is 9.92. The molecule has 1 heterocycles. The average Bonchev–Trinajstić information content (AvgIpc) is 2.61. The van der Waals surface area contributed by atoms with Gasteiger partial charge in [0.1, 0.15) is 0 Å². The summed E-state index contributed by atoms with van der Waals surface area (Å²) in [5.74, 6) is 1.60. The second kappa shape index (κ2) is 6.95. The molecule has 122 valence electrons. The number of rotatable bonds is 5. The predicted molar refractivity (Wildman–Crippen MR) is 94.8 cm³/mol. The lowest BCUT2D eigenvalue weighted by Gasteiger charge is -2.36. The zero-order chi connectivity index (χ0) is 16.2. The second-order valence-electron chi connectivity index (χ2n) is 6.16. The third kappa shape index (κ3) is 3.29. The molecule has 0 spiro atoms. The first-order valence-electron chi connectivity index (χ1n) is 8.24. The molecule has 3 rings (SSSR count). The molecule has 23 heavy (non-hydrogen) atoms. The largest absolute Gasteiger partial charge is 0.493 e. The van der Waals surface area contributed by atoms with Crippen LogP contribution in [-0.4, -0.2) is 27.3 Å². The fourth-order valence-corrected chi connectivity index (χ4v) is 3.49. The Morgan fingerprint density at radius 3 is 2.61 bits per heavy atom. The third-order valence-corrected chi connectivity index (χ3v) is 4.88. The Morgan fingerprint density at radius 1 is 1.04 bits per heavy atom. The van der Waals surface area contributed by atoms with Crippen LogP contribution in [0.15, 0.2) is 42.5 Å². The smallest absolute Gasteiger partial charge is 0.160 e. The molecule has 0 radical (unpaired) electrons. The van der Waals surface area contributed by atoms with E-state index in [-0.39, 0.29) is 0 Å². The molecule has 0 saturated carbocycles. The van der Waals surface area contributed by atoms with E-state index in [1.165, 1.54) is 29.7 Å². The van der Waals surface area contributed by atoms with Crippen molar-refractivity contribution < 1.29 is 9.47 Å². The summed E-state index contributed by atoms with van der Waals surface area (Å²) in [5.41, 5.74) is 4.16. The molecule has 1 aliphatic heterocycles. The summed E-state index contributed by atoms with van der Waals surface area (Å²) in [5, 5.41) is 0. The van der Waals surface area contributed by atoms with Crippen LogP contribution in [0.3, 0.4) is 0 Å². The van der Waals surface area contributed by atoms with Crippen LogP contribution in [0.1, 0.15) is 24.0 Å². The number of benzene rings is 2. The predicted octanol–water partition coefficient (Wildman–Crippen LogP) is 4.09. The second-order valence-corrected chi connectivity index (χ2v) is 6.16. The van der Waals surface area contributed by atoms with Gasteiger partial charge in [0, 0.05) is 18.8 Å². The summed E-state index contributed by atoms with van der Waals surface area (Å²) in [6, 6.07) is 15.6. The lowest BCUT2D eigenvalue weighted by molar-refractivity contribution is 0.354. The van der Waals surface area contributed by atoms with Crippen molar-refractivity contribution in [2.24, 2.45) is 0 Å². The highest BCUT2D eigenvalue weighted by molar-refractivity contribution is 5.55.